The van der Waals surface area contributed by atoms with Crippen molar-refractivity contribution in [1.82, 2.24) is 5.32 Å². The zero-order valence-electron chi connectivity index (χ0n) is 3.33. The van der Waals surface area contributed by atoms with Crippen LogP contribution in [0.3, 0.4) is 0 Å². The topological polar surface area (TPSA) is 36.8 Å². The molecule has 0 fully saturated rings. The number of rotatable bonds is 0. The van der Waals surface area contributed by atoms with Gasteiger partial charge < -0.3 is 5.32 Å². The molecule has 1 aliphatic heterocycles. The van der Waals surface area contributed by atoms with Gasteiger partial charge in [-0.1, -0.05) is 0 Å². The summed E-state index contributed by atoms with van der Waals surface area (Å²) in [5.41, 5.74) is -0.215. The van der Waals surface area contributed by atoms with Crippen LogP contribution in [0.15, 0.2) is 10.2 Å². The molecule has 0 aromatic rings. The van der Waals surface area contributed by atoms with Crippen LogP contribution in [0.4, 0.5) is 0 Å². The second kappa shape index (κ2) is 1.75. The summed E-state index contributed by atoms with van der Waals surface area (Å²) in [7, 11) is 0. The summed E-state index contributed by atoms with van der Waals surface area (Å²) < 4.78 is 0. The average Bonchev–Trinajstić information content (AvgIpc) is 1.87. The zero-order chi connectivity index (χ0) is 5.28. The molecule has 1 heterocycles. The Kier molecular flexibility index (Phi) is 1.25. The van der Waals surface area contributed by atoms with Crippen LogP contribution in [0, 0.1) is 0 Å². The number of hydrogen-bond donors (Lipinski definition) is 2. The molecule has 0 saturated heterocycles. The van der Waals surface area contributed by atoms with Gasteiger partial charge in [0.15, 0.2) is 5.50 Å². The summed E-state index contributed by atoms with van der Waals surface area (Å²) >= 11 is 8.47. The molecule has 0 bridgehead atoms. The molecule has 0 radical (unpaired) electrons. The van der Waals surface area contributed by atoms with Gasteiger partial charge in [0.25, 0.3) is 0 Å². The lowest BCUT2D eigenvalue weighted by molar-refractivity contribution is 0.900. The Balaban J connectivity index is 2.58. The molecule has 1 unspecified atom stereocenters. The molecule has 0 spiro atoms. The first-order chi connectivity index (χ1) is 3.29. The Labute approximate surface area is 51.6 Å². The predicted molar refractivity (Wildman–Crippen MR) is 33.4 cm³/mol. The van der Waals surface area contributed by atoms with Crippen LogP contribution in [0.2, 0.25) is 0 Å². The van der Waals surface area contributed by atoms with Crippen LogP contribution in [0.5, 0.6) is 0 Å². The third kappa shape index (κ3) is 1.10. The normalized spacial score (nSPS) is 28.1. The lowest BCUT2D eigenvalue weighted by Crippen LogP contribution is -2.19. The van der Waals surface area contributed by atoms with Gasteiger partial charge in [-0.25, -0.2) is 0 Å². The standard InChI is InChI=1S/C2H3N3S2/c6-1-3-2(7)5-4-1/h1,6H,(H,3,7). The van der Waals surface area contributed by atoms with Gasteiger partial charge in [-0.15, -0.1) is 22.9 Å². The minimum absolute atomic E-state index is 0.215. The molecule has 7 heavy (non-hydrogen) atoms. The van der Waals surface area contributed by atoms with Crippen molar-refractivity contribution < 1.29 is 0 Å². The maximum Gasteiger partial charge on any atom is 0.215 e. The van der Waals surface area contributed by atoms with E-state index in [1.807, 2.05) is 0 Å². The third-order valence-electron chi connectivity index (χ3n) is 0.511. The van der Waals surface area contributed by atoms with E-state index < -0.39 is 0 Å². The summed E-state index contributed by atoms with van der Waals surface area (Å²) in [6, 6.07) is 0. The number of hydrogen-bond acceptors (Lipinski definition) is 3. The first-order valence-corrected chi connectivity index (χ1v) is 2.61. The van der Waals surface area contributed by atoms with Gasteiger partial charge >= 0.3 is 0 Å². The highest BCUT2D eigenvalue weighted by Crippen LogP contribution is 2.00. The fourth-order valence-electron chi connectivity index (χ4n) is 0.275. The van der Waals surface area contributed by atoms with Crippen LogP contribution in [-0.2, 0) is 0 Å². The fourth-order valence-corrected chi connectivity index (χ4v) is 0.695. The monoisotopic (exact) mass is 133 g/mol. The summed E-state index contributed by atoms with van der Waals surface area (Å²) in [4.78, 5) is 0. The molecule has 3 nitrogen and oxygen atoms in total. The van der Waals surface area contributed by atoms with Crippen molar-refractivity contribution in [1.29, 1.82) is 0 Å². The smallest absolute Gasteiger partial charge is 0.215 e. The first kappa shape index (κ1) is 4.99. The summed E-state index contributed by atoms with van der Waals surface area (Å²) in [5.74, 6) is 0. The van der Waals surface area contributed by atoms with E-state index in [9.17, 15) is 0 Å². The van der Waals surface area contributed by atoms with E-state index in [-0.39, 0.29) is 5.50 Å². The maximum absolute atomic E-state index is 4.58. The molecule has 38 valence electrons. The predicted octanol–water partition coefficient (Wildman–Crippen LogP) is 0.540. The lowest BCUT2D eigenvalue weighted by atomic mass is 11.0. The number of thiocarbonyl (C=S) groups is 1. The van der Waals surface area contributed by atoms with Crippen LogP contribution in [-0.4, -0.2) is 10.6 Å². The van der Waals surface area contributed by atoms with Crippen molar-refractivity contribution in [2.24, 2.45) is 10.2 Å². The molecule has 1 aliphatic rings. The van der Waals surface area contributed by atoms with E-state index in [0.29, 0.717) is 5.11 Å². The molecule has 0 saturated carbocycles. The number of azo groups is 1. The summed E-state index contributed by atoms with van der Waals surface area (Å²) in [6.07, 6.45) is 0. The fraction of sp³-hybridized carbons (Fsp3) is 0.500. The molecule has 0 aromatic carbocycles. The molecular formula is C2H3N3S2. The van der Waals surface area contributed by atoms with Crippen LogP contribution in [0.1, 0.15) is 0 Å². The lowest BCUT2D eigenvalue weighted by Gasteiger charge is -1.91. The van der Waals surface area contributed by atoms with E-state index in [0.717, 1.165) is 0 Å². The SMILES string of the molecule is S=C1N=NC(S)N1. The van der Waals surface area contributed by atoms with E-state index in [4.69, 9.17) is 0 Å². The Morgan fingerprint density at radius 2 is 2.57 bits per heavy atom. The van der Waals surface area contributed by atoms with Gasteiger partial charge in [-0.3, -0.25) is 0 Å². The van der Waals surface area contributed by atoms with Gasteiger partial charge in [0.2, 0.25) is 5.11 Å². The number of nitrogens with zero attached hydrogens (tertiary/aromatic N) is 2. The van der Waals surface area contributed by atoms with Crippen LogP contribution in [0.25, 0.3) is 0 Å². The Hall–Kier alpha value is -0.160. The minimum atomic E-state index is -0.215. The highest BCUT2D eigenvalue weighted by atomic mass is 32.1. The Morgan fingerprint density at radius 1 is 1.86 bits per heavy atom. The molecule has 0 aliphatic carbocycles. The summed E-state index contributed by atoms with van der Waals surface area (Å²) in [5, 5.41) is 10.1. The molecule has 1 N–H and O–H groups in total. The van der Waals surface area contributed by atoms with E-state index in [1.54, 1.807) is 0 Å². The van der Waals surface area contributed by atoms with Crippen LogP contribution >= 0.6 is 24.8 Å². The highest BCUT2D eigenvalue weighted by Gasteiger charge is 2.07. The minimum Gasteiger partial charge on any atom is -0.328 e. The quantitative estimate of drug-likeness (QED) is 0.374. The van der Waals surface area contributed by atoms with E-state index in [2.05, 4.69) is 40.4 Å². The zero-order valence-corrected chi connectivity index (χ0v) is 5.04. The molecule has 5 heteroatoms. The molecule has 1 atom stereocenters. The highest BCUT2D eigenvalue weighted by molar-refractivity contribution is 7.82. The van der Waals surface area contributed by atoms with Crippen LogP contribution < -0.4 is 5.32 Å². The number of nitrogens with one attached hydrogen (secondary N) is 1. The van der Waals surface area contributed by atoms with Gasteiger partial charge in [-0.2, -0.15) is 0 Å². The largest absolute Gasteiger partial charge is 0.328 e. The second-order valence-corrected chi connectivity index (χ2v) is 1.91. The van der Waals surface area contributed by atoms with Gasteiger partial charge in [0.05, 0.1) is 0 Å². The molecular weight excluding hydrogens is 130 g/mol. The maximum atomic E-state index is 4.58. The molecule has 1 rings (SSSR count). The average molecular weight is 133 g/mol. The Bertz CT molecular complexity index is 120. The first-order valence-electron chi connectivity index (χ1n) is 1.68. The second-order valence-electron chi connectivity index (χ2n) is 1.04. The van der Waals surface area contributed by atoms with Crippen molar-refractivity contribution >= 4 is 30.0 Å². The Morgan fingerprint density at radius 3 is 2.71 bits per heavy atom. The van der Waals surface area contributed by atoms with E-state index >= 15 is 0 Å². The van der Waals surface area contributed by atoms with Crippen molar-refractivity contribution in [2.75, 3.05) is 0 Å². The number of thiol groups is 1. The van der Waals surface area contributed by atoms with Crippen molar-refractivity contribution in [3.8, 4) is 0 Å². The van der Waals surface area contributed by atoms with Gasteiger partial charge in [0.1, 0.15) is 0 Å². The van der Waals surface area contributed by atoms with Crippen molar-refractivity contribution in [2.45, 2.75) is 5.50 Å². The van der Waals surface area contributed by atoms with Gasteiger partial charge in [-0.05, 0) is 12.2 Å². The van der Waals surface area contributed by atoms with Crippen molar-refractivity contribution in [3.05, 3.63) is 0 Å². The van der Waals surface area contributed by atoms with Gasteiger partial charge in [0, 0.05) is 0 Å². The molecule has 0 amide bonds. The molecule has 0 aromatic heterocycles. The van der Waals surface area contributed by atoms with E-state index in [1.165, 1.54) is 0 Å². The third-order valence-corrected chi connectivity index (χ3v) is 0.942. The summed E-state index contributed by atoms with van der Waals surface area (Å²) in [6.45, 7) is 0. The van der Waals surface area contributed by atoms with Crippen molar-refractivity contribution in [3.63, 3.8) is 0 Å².